The molecule has 1 aliphatic carbocycles. The van der Waals surface area contributed by atoms with Crippen LogP contribution in [0.3, 0.4) is 0 Å². The average molecular weight is 323 g/mol. The molecule has 1 aromatic carbocycles. The second-order valence-electron chi connectivity index (χ2n) is 6.15. The standard InChI is InChI=1S/C19H17NO2S/c21-16-10-13(17-7-4-8-23-17)9-15-19(16)14(11-18(22)20-15)12-5-2-1-3-6-12/h1-8,13-14H,9-11H2,(H,20,22)/t13-,14+/m0/s1. The van der Waals surface area contributed by atoms with Gasteiger partial charge in [0.25, 0.3) is 0 Å². The van der Waals surface area contributed by atoms with Gasteiger partial charge in [-0.05, 0) is 23.4 Å². The van der Waals surface area contributed by atoms with Crippen molar-refractivity contribution in [2.24, 2.45) is 0 Å². The van der Waals surface area contributed by atoms with Crippen LogP contribution < -0.4 is 5.32 Å². The molecule has 2 heterocycles. The van der Waals surface area contributed by atoms with Crippen molar-refractivity contribution in [1.82, 2.24) is 5.32 Å². The summed E-state index contributed by atoms with van der Waals surface area (Å²) in [5, 5.41) is 5.00. The Morgan fingerprint density at radius 1 is 0.957 bits per heavy atom. The number of thiophene rings is 1. The molecule has 4 heteroatoms. The van der Waals surface area contributed by atoms with Crippen LogP contribution in [0, 0.1) is 0 Å². The van der Waals surface area contributed by atoms with E-state index in [0.29, 0.717) is 12.8 Å². The maximum absolute atomic E-state index is 12.8. The predicted octanol–water partition coefficient (Wildman–Crippen LogP) is 3.75. The summed E-state index contributed by atoms with van der Waals surface area (Å²) in [4.78, 5) is 26.2. The molecule has 1 aliphatic heterocycles. The summed E-state index contributed by atoms with van der Waals surface area (Å²) in [5.41, 5.74) is 2.71. The summed E-state index contributed by atoms with van der Waals surface area (Å²) in [6, 6.07) is 14.0. The zero-order valence-corrected chi connectivity index (χ0v) is 13.4. The van der Waals surface area contributed by atoms with Crippen LogP contribution in [0.15, 0.2) is 59.1 Å². The number of amides is 1. The molecule has 3 nitrogen and oxygen atoms in total. The van der Waals surface area contributed by atoms with Gasteiger partial charge in [0.05, 0.1) is 0 Å². The van der Waals surface area contributed by atoms with E-state index in [-0.39, 0.29) is 23.5 Å². The molecule has 1 amide bonds. The third-order valence-electron chi connectivity index (χ3n) is 4.68. The van der Waals surface area contributed by atoms with Gasteiger partial charge in [-0.1, -0.05) is 36.4 Å². The Bertz CT molecular complexity index is 777. The third kappa shape index (κ3) is 2.63. The second kappa shape index (κ2) is 5.78. The first-order chi connectivity index (χ1) is 11.2. The zero-order chi connectivity index (χ0) is 15.8. The highest BCUT2D eigenvalue weighted by Crippen LogP contribution is 2.43. The number of allylic oxidation sites excluding steroid dienone is 2. The number of benzene rings is 1. The fourth-order valence-corrected chi connectivity index (χ4v) is 4.49. The van der Waals surface area contributed by atoms with E-state index >= 15 is 0 Å². The van der Waals surface area contributed by atoms with Gasteiger partial charge in [0.15, 0.2) is 5.78 Å². The minimum absolute atomic E-state index is 0.0113. The van der Waals surface area contributed by atoms with E-state index in [1.165, 1.54) is 4.88 Å². The lowest BCUT2D eigenvalue weighted by atomic mass is 9.75. The van der Waals surface area contributed by atoms with Crippen molar-refractivity contribution in [3.8, 4) is 0 Å². The number of rotatable bonds is 2. The van der Waals surface area contributed by atoms with Crippen LogP contribution in [0.4, 0.5) is 0 Å². The average Bonchev–Trinajstić information content (AvgIpc) is 3.09. The molecule has 1 aromatic heterocycles. The third-order valence-corrected chi connectivity index (χ3v) is 5.72. The van der Waals surface area contributed by atoms with Crippen molar-refractivity contribution >= 4 is 23.0 Å². The SMILES string of the molecule is O=C1C[C@H](c2ccccc2)C2=C(C[C@H](c3cccs3)CC2=O)N1. The summed E-state index contributed by atoms with van der Waals surface area (Å²) in [7, 11) is 0. The van der Waals surface area contributed by atoms with Crippen molar-refractivity contribution in [2.45, 2.75) is 31.1 Å². The fourth-order valence-electron chi connectivity index (χ4n) is 3.65. The molecule has 1 N–H and O–H groups in total. The molecule has 23 heavy (non-hydrogen) atoms. The minimum atomic E-state index is -0.100. The molecule has 2 aliphatic rings. The fraction of sp³-hybridized carbons (Fsp3) is 0.263. The van der Waals surface area contributed by atoms with Gasteiger partial charge in [-0.25, -0.2) is 0 Å². The van der Waals surface area contributed by atoms with Gasteiger partial charge < -0.3 is 5.32 Å². The van der Waals surface area contributed by atoms with Crippen LogP contribution in [0.25, 0.3) is 0 Å². The van der Waals surface area contributed by atoms with Crippen LogP contribution in [0.2, 0.25) is 0 Å². The lowest BCUT2D eigenvalue weighted by molar-refractivity contribution is -0.122. The largest absolute Gasteiger partial charge is 0.329 e. The van der Waals surface area contributed by atoms with Crippen molar-refractivity contribution in [3.05, 3.63) is 69.6 Å². The number of carbonyl (C=O) groups is 2. The van der Waals surface area contributed by atoms with Crippen LogP contribution in [0.1, 0.15) is 41.5 Å². The smallest absolute Gasteiger partial charge is 0.225 e. The molecule has 0 fully saturated rings. The van der Waals surface area contributed by atoms with Crippen molar-refractivity contribution in [1.29, 1.82) is 0 Å². The van der Waals surface area contributed by atoms with E-state index in [1.54, 1.807) is 11.3 Å². The van der Waals surface area contributed by atoms with Gasteiger partial charge in [-0.3, -0.25) is 9.59 Å². The van der Waals surface area contributed by atoms with Crippen LogP contribution in [0.5, 0.6) is 0 Å². The normalized spacial score (nSPS) is 24.3. The Morgan fingerprint density at radius 2 is 1.78 bits per heavy atom. The summed E-state index contributed by atoms with van der Waals surface area (Å²) in [6.45, 7) is 0. The second-order valence-corrected chi connectivity index (χ2v) is 7.13. The highest BCUT2D eigenvalue weighted by molar-refractivity contribution is 7.10. The van der Waals surface area contributed by atoms with Crippen LogP contribution in [-0.4, -0.2) is 11.7 Å². The molecule has 0 unspecified atom stereocenters. The highest BCUT2D eigenvalue weighted by atomic mass is 32.1. The number of nitrogens with one attached hydrogen (secondary N) is 1. The summed E-state index contributed by atoms with van der Waals surface area (Å²) >= 11 is 1.68. The molecule has 4 rings (SSSR count). The first-order valence-corrected chi connectivity index (χ1v) is 8.75. The van der Waals surface area contributed by atoms with Gasteiger partial charge in [0, 0.05) is 40.8 Å². The molecule has 0 saturated carbocycles. The maximum atomic E-state index is 12.8. The topological polar surface area (TPSA) is 46.2 Å². The first kappa shape index (κ1) is 14.4. The van der Waals surface area contributed by atoms with Gasteiger partial charge in [-0.2, -0.15) is 0 Å². The van der Waals surface area contributed by atoms with E-state index in [0.717, 1.165) is 23.3 Å². The predicted molar refractivity (Wildman–Crippen MR) is 90.3 cm³/mol. The molecular formula is C19H17NO2S. The number of Topliss-reactive ketones (excluding diaryl/α,β-unsaturated/α-hetero) is 1. The van der Waals surface area contributed by atoms with E-state index in [4.69, 9.17) is 0 Å². The van der Waals surface area contributed by atoms with Gasteiger partial charge in [-0.15, -0.1) is 11.3 Å². The molecule has 116 valence electrons. The van der Waals surface area contributed by atoms with E-state index in [2.05, 4.69) is 11.4 Å². The van der Waals surface area contributed by atoms with Gasteiger partial charge >= 0.3 is 0 Å². The van der Waals surface area contributed by atoms with Crippen molar-refractivity contribution in [2.75, 3.05) is 0 Å². The Kier molecular flexibility index (Phi) is 3.62. The number of ketones is 1. The highest BCUT2D eigenvalue weighted by Gasteiger charge is 2.38. The van der Waals surface area contributed by atoms with Crippen molar-refractivity contribution < 1.29 is 9.59 Å². The zero-order valence-electron chi connectivity index (χ0n) is 12.6. The van der Waals surface area contributed by atoms with E-state index in [1.807, 2.05) is 41.8 Å². The monoisotopic (exact) mass is 323 g/mol. The van der Waals surface area contributed by atoms with Gasteiger partial charge in [0.1, 0.15) is 0 Å². The summed E-state index contributed by atoms with van der Waals surface area (Å²) < 4.78 is 0. The Hall–Kier alpha value is -2.20. The number of hydrogen-bond donors (Lipinski definition) is 1. The van der Waals surface area contributed by atoms with E-state index < -0.39 is 0 Å². The Morgan fingerprint density at radius 3 is 2.52 bits per heavy atom. The summed E-state index contributed by atoms with van der Waals surface area (Å²) in [6.07, 6.45) is 1.65. The Balaban J connectivity index is 1.73. The number of hydrogen-bond acceptors (Lipinski definition) is 3. The quantitative estimate of drug-likeness (QED) is 0.915. The van der Waals surface area contributed by atoms with Crippen molar-refractivity contribution in [3.63, 3.8) is 0 Å². The lowest BCUT2D eigenvalue weighted by Gasteiger charge is -2.34. The van der Waals surface area contributed by atoms with E-state index in [9.17, 15) is 9.59 Å². The minimum Gasteiger partial charge on any atom is -0.329 e. The molecule has 0 radical (unpaired) electrons. The molecular weight excluding hydrogens is 306 g/mol. The maximum Gasteiger partial charge on any atom is 0.225 e. The molecule has 0 bridgehead atoms. The Labute approximate surface area is 139 Å². The van der Waals surface area contributed by atoms with Crippen LogP contribution >= 0.6 is 11.3 Å². The molecule has 2 atom stereocenters. The molecule has 0 spiro atoms. The van der Waals surface area contributed by atoms with Gasteiger partial charge in [0.2, 0.25) is 5.91 Å². The van der Waals surface area contributed by atoms with Crippen LogP contribution in [-0.2, 0) is 9.59 Å². The summed E-state index contributed by atoms with van der Waals surface area (Å²) in [5.74, 6) is 0.281. The lowest BCUT2D eigenvalue weighted by Crippen LogP contribution is -2.38. The first-order valence-electron chi connectivity index (χ1n) is 7.87. The number of carbonyl (C=O) groups excluding carboxylic acids is 2. The molecule has 2 aromatic rings. The molecule has 0 saturated heterocycles.